The molecule has 0 saturated heterocycles. The Morgan fingerprint density at radius 3 is 3.00 bits per heavy atom. The first kappa shape index (κ1) is 11.9. The Balaban J connectivity index is 2.33. The number of anilines is 1. The van der Waals surface area contributed by atoms with Crippen LogP contribution in [0, 0.1) is 0 Å². The van der Waals surface area contributed by atoms with Gasteiger partial charge >= 0.3 is 0 Å². The molecule has 1 rings (SSSR count). The smallest absolute Gasteiger partial charge is 0.239 e. The number of carbonyl (C=O) groups is 1. The van der Waals surface area contributed by atoms with Gasteiger partial charge < -0.3 is 10.6 Å². The van der Waals surface area contributed by atoms with E-state index in [9.17, 15) is 4.79 Å². The Labute approximate surface area is 96.8 Å². The highest BCUT2D eigenvalue weighted by atomic mass is 79.9. The SMILES string of the molecule is CCCNC(=O)CNc1cc(Br)ncn1. The first-order valence-electron chi connectivity index (χ1n) is 4.70. The predicted octanol–water partition coefficient (Wildman–Crippen LogP) is 1.18. The predicted molar refractivity (Wildman–Crippen MR) is 61.5 cm³/mol. The van der Waals surface area contributed by atoms with E-state index in [-0.39, 0.29) is 12.5 Å². The summed E-state index contributed by atoms with van der Waals surface area (Å²) in [5, 5.41) is 5.66. The molecule has 0 unspecified atom stereocenters. The fourth-order valence-electron chi connectivity index (χ4n) is 0.928. The summed E-state index contributed by atoms with van der Waals surface area (Å²) in [4.78, 5) is 19.1. The van der Waals surface area contributed by atoms with Crippen molar-refractivity contribution in [2.75, 3.05) is 18.4 Å². The van der Waals surface area contributed by atoms with Gasteiger partial charge in [0.15, 0.2) is 0 Å². The Kier molecular flexibility index (Phi) is 5.03. The van der Waals surface area contributed by atoms with Gasteiger partial charge in [-0.3, -0.25) is 4.79 Å². The maximum Gasteiger partial charge on any atom is 0.239 e. The lowest BCUT2D eigenvalue weighted by Crippen LogP contribution is -2.30. The molecule has 0 aliphatic rings. The largest absolute Gasteiger partial charge is 0.361 e. The maximum atomic E-state index is 11.2. The molecule has 1 aromatic rings. The van der Waals surface area contributed by atoms with Gasteiger partial charge in [0.05, 0.1) is 6.54 Å². The van der Waals surface area contributed by atoms with E-state index in [1.807, 2.05) is 6.92 Å². The third-order valence-corrected chi connectivity index (χ3v) is 2.07. The van der Waals surface area contributed by atoms with E-state index in [1.165, 1.54) is 6.33 Å². The number of aromatic nitrogens is 2. The maximum absolute atomic E-state index is 11.2. The molecule has 2 N–H and O–H groups in total. The van der Waals surface area contributed by atoms with E-state index in [4.69, 9.17) is 0 Å². The molecule has 1 amide bonds. The van der Waals surface area contributed by atoms with Crippen molar-refractivity contribution >= 4 is 27.7 Å². The third kappa shape index (κ3) is 4.73. The van der Waals surface area contributed by atoms with Gasteiger partial charge in [-0.15, -0.1) is 0 Å². The topological polar surface area (TPSA) is 66.9 Å². The fourth-order valence-corrected chi connectivity index (χ4v) is 1.24. The molecule has 0 aliphatic carbocycles. The van der Waals surface area contributed by atoms with E-state index >= 15 is 0 Å². The van der Waals surface area contributed by atoms with E-state index in [2.05, 4.69) is 36.5 Å². The number of halogens is 1. The van der Waals surface area contributed by atoms with Crippen molar-refractivity contribution < 1.29 is 4.79 Å². The first-order chi connectivity index (χ1) is 7.22. The molecule has 0 spiro atoms. The minimum Gasteiger partial charge on any atom is -0.361 e. The van der Waals surface area contributed by atoms with Gasteiger partial charge in [0.25, 0.3) is 0 Å². The molecule has 0 aliphatic heterocycles. The van der Waals surface area contributed by atoms with Gasteiger partial charge in [0, 0.05) is 12.6 Å². The van der Waals surface area contributed by atoms with Gasteiger partial charge in [-0.2, -0.15) is 0 Å². The van der Waals surface area contributed by atoms with Gasteiger partial charge in [0.2, 0.25) is 5.91 Å². The molecule has 0 radical (unpaired) electrons. The lowest BCUT2D eigenvalue weighted by molar-refractivity contribution is -0.119. The van der Waals surface area contributed by atoms with Crippen LogP contribution in [-0.4, -0.2) is 29.0 Å². The average molecular weight is 273 g/mol. The van der Waals surface area contributed by atoms with Gasteiger partial charge in [-0.1, -0.05) is 6.92 Å². The van der Waals surface area contributed by atoms with Crippen LogP contribution in [0.25, 0.3) is 0 Å². The van der Waals surface area contributed by atoms with E-state index < -0.39 is 0 Å². The first-order valence-corrected chi connectivity index (χ1v) is 5.49. The van der Waals surface area contributed by atoms with Crippen LogP contribution in [0.5, 0.6) is 0 Å². The Bertz CT molecular complexity index is 332. The molecule has 82 valence electrons. The van der Waals surface area contributed by atoms with Crippen molar-refractivity contribution in [3.05, 3.63) is 17.0 Å². The quantitative estimate of drug-likeness (QED) is 0.790. The monoisotopic (exact) mass is 272 g/mol. The minimum atomic E-state index is -0.0356. The lowest BCUT2D eigenvalue weighted by atomic mass is 10.4. The van der Waals surface area contributed by atoms with Crippen LogP contribution in [0.1, 0.15) is 13.3 Å². The summed E-state index contributed by atoms with van der Waals surface area (Å²) in [5.74, 6) is 0.593. The van der Waals surface area contributed by atoms with Crippen LogP contribution >= 0.6 is 15.9 Å². The summed E-state index contributed by atoms with van der Waals surface area (Å²) >= 11 is 3.22. The number of nitrogens with zero attached hydrogens (tertiary/aromatic N) is 2. The van der Waals surface area contributed by atoms with Crippen LogP contribution in [0.4, 0.5) is 5.82 Å². The van der Waals surface area contributed by atoms with Crippen molar-refractivity contribution in [1.29, 1.82) is 0 Å². The molecular weight excluding hydrogens is 260 g/mol. The second kappa shape index (κ2) is 6.34. The average Bonchev–Trinajstić information content (AvgIpc) is 2.23. The summed E-state index contributed by atoms with van der Waals surface area (Å²) in [7, 11) is 0. The molecule has 0 fully saturated rings. The van der Waals surface area contributed by atoms with Gasteiger partial charge in [-0.05, 0) is 22.4 Å². The fraction of sp³-hybridized carbons (Fsp3) is 0.444. The summed E-state index contributed by atoms with van der Waals surface area (Å²) in [6.07, 6.45) is 2.36. The van der Waals surface area contributed by atoms with E-state index in [1.54, 1.807) is 6.07 Å². The lowest BCUT2D eigenvalue weighted by Gasteiger charge is -2.05. The molecule has 15 heavy (non-hydrogen) atoms. The molecule has 0 bridgehead atoms. The van der Waals surface area contributed by atoms with Crippen LogP contribution in [0.15, 0.2) is 17.0 Å². The molecule has 0 atom stereocenters. The molecule has 0 saturated carbocycles. The highest BCUT2D eigenvalue weighted by molar-refractivity contribution is 9.10. The molecule has 5 nitrogen and oxygen atoms in total. The van der Waals surface area contributed by atoms with Crippen molar-refractivity contribution in [3.8, 4) is 0 Å². The normalized spacial score (nSPS) is 9.73. The zero-order chi connectivity index (χ0) is 11.1. The number of rotatable bonds is 5. The third-order valence-electron chi connectivity index (χ3n) is 1.64. The van der Waals surface area contributed by atoms with Crippen molar-refractivity contribution in [1.82, 2.24) is 15.3 Å². The zero-order valence-electron chi connectivity index (χ0n) is 8.46. The standard InChI is InChI=1S/C9H13BrN4O/c1-2-3-11-9(15)5-12-8-4-7(10)13-6-14-8/h4,6H,2-3,5H2,1H3,(H,11,15)(H,12,13,14). The highest BCUT2D eigenvalue weighted by Gasteiger charge is 2.00. The second-order valence-corrected chi connectivity index (χ2v) is 3.74. The van der Waals surface area contributed by atoms with Crippen molar-refractivity contribution in [2.24, 2.45) is 0 Å². The van der Waals surface area contributed by atoms with Crippen molar-refractivity contribution in [3.63, 3.8) is 0 Å². The van der Waals surface area contributed by atoms with Crippen LogP contribution < -0.4 is 10.6 Å². The Morgan fingerprint density at radius 1 is 1.53 bits per heavy atom. The van der Waals surface area contributed by atoms with Crippen molar-refractivity contribution in [2.45, 2.75) is 13.3 Å². The Hall–Kier alpha value is -1.17. The molecule has 1 aromatic heterocycles. The summed E-state index contributed by atoms with van der Waals surface area (Å²) in [5.41, 5.74) is 0. The second-order valence-electron chi connectivity index (χ2n) is 2.93. The number of nitrogens with one attached hydrogen (secondary N) is 2. The van der Waals surface area contributed by atoms with Crippen LogP contribution in [0.2, 0.25) is 0 Å². The molecule has 1 heterocycles. The van der Waals surface area contributed by atoms with Crippen LogP contribution in [-0.2, 0) is 4.79 Å². The van der Waals surface area contributed by atoms with Gasteiger partial charge in [0.1, 0.15) is 16.7 Å². The molecule has 0 aromatic carbocycles. The molecular formula is C9H13BrN4O. The van der Waals surface area contributed by atoms with Crippen LogP contribution in [0.3, 0.4) is 0 Å². The zero-order valence-corrected chi connectivity index (χ0v) is 10.0. The number of carbonyl (C=O) groups excluding carboxylic acids is 1. The Morgan fingerprint density at radius 2 is 2.33 bits per heavy atom. The van der Waals surface area contributed by atoms with E-state index in [0.717, 1.165) is 6.42 Å². The number of hydrogen-bond acceptors (Lipinski definition) is 4. The van der Waals surface area contributed by atoms with E-state index in [0.29, 0.717) is 17.0 Å². The number of amides is 1. The highest BCUT2D eigenvalue weighted by Crippen LogP contribution is 2.08. The number of hydrogen-bond donors (Lipinski definition) is 2. The van der Waals surface area contributed by atoms with Gasteiger partial charge in [-0.25, -0.2) is 9.97 Å². The summed E-state index contributed by atoms with van der Waals surface area (Å²) in [6.45, 7) is 2.94. The summed E-state index contributed by atoms with van der Waals surface area (Å²) in [6, 6.07) is 1.72. The molecule has 6 heteroatoms. The summed E-state index contributed by atoms with van der Waals surface area (Å²) < 4.78 is 0.689. The minimum absolute atomic E-state index is 0.0356.